The van der Waals surface area contributed by atoms with E-state index in [4.69, 9.17) is 0 Å². The molecular formula is C19H18O. The van der Waals surface area contributed by atoms with Crippen molar-refractivity contribution in [3.63, 3.8) is 0 Å². The van der Waals surface area contributed by atoms with Gasteiger partial charge in [-0.05, 0) is 25.5 Å². The zero-order valence-electron chi connectivity index (χ0n) is 11.8. The molecule has 0 saturated carbocycles. The minimum atomic E-state index is 0.0332. The van der Waals surface area contributed by atoms with Crippen LogP contribution in [0.25, 0.3) is 6.08 Å². The van der Waals surface area contributed by atoms with Crippen LogP contribution >= 0.6 is 0 Å². The van der Waals surface area contributed by atoms with Crippen LogP contribution in [0.1, 0.15) is 28.4 Å². The Morgan fingerprint density at radius 3 is 2.20 bits per heavy atom. The van der Waals surface area contributed by atoms with Crippen molar-refractivity contribution in [2.24, 2.45) is 0 Å². The Balaban J connectivity index is 2.07. The highest BCUT2D eigenvalue weighted by Gasteiger charge is 2.00. The van der Waals surface area contributed by atoms with Crippen molar-refractivity contribution in [1.29, 1.82) is 0 Å². The van der Waals surface area contributed by atoms with Gasteiger partial charge >= 0.3 is 0 Å². The molecule has 0 heterocycles. The van der Waals surface area contributed by atoms with Crippen molar-refractivity contribution in [3.05, 3.63) is 89.0 Å². The van der Waals surface area contributed by atoms with Gasteiger partial charge in [-0.1, -0.05) is 77.9 Å². The molecule has 0 bridgehead atoms. The van der Waals surface area contributed by atoms with Gasteiger partial charge in [0.15, 0.2) is 5.78 Å². The molecule has 0 amide bonds. The third kappa shape index (κ3) is 4.06. The Labute approximate surface area is 120 Å². The second-order valence-electron chi connectivity index (χ2n) is 4.86. The summed E-state index contributed by atoms with van der Waals surface area (Å²) in [6, 6.07) is 17.7. The molecule has 0 N–H and O–H groups in total. The van der Waals surface area contributed by atoms with Crippen LogP contribution in [0.15, 0.2) is 72.3 Å². The molecule has 0 aliphatic carbocycles. The van der Waals surface area contributed by atoms with Crippen LogP contribution in [0.5, 0.6) is 0 Å². The Morgan fingerprint density at radius 1 is 0.900 bits per heavy atom. The topological polar surface area (TPSA) is 17.1 Å². The van der Waals surface area contributed by atoms with Crippen LogP contribution < -0.4 is 0 Å². The largest absolute Gasteiger partial charge is 0.289 e. The lowest BCUT2D eigenvalue weighted by atomic mass is 10.1. The molecule has 0 spiro atoms. The van der Waals surface area contributed by atoms with Crippen molar-refractivity contribution in [1.82, 2.24) is 0 Å². The quantitative estimate of drug-likeness (QED) is 0.438. The zero-order chi connectivity index (χ0) is 14.4. The average molecular weight is 262 g/mol. The first-order valence-electron chi connectivity index (χ1n) is 6.67. The summed E-state index contributed by atoms with van der Waals surface area (Å²) in [4.78, 5) is 12.0. The van der Waals surface area contributed by atoms with Crippen LogP contribution in [0.3, 0.4) is 0 Å². The Morgan fingerprint density at radius 2 is 1.55 bits per heavy atom. The minimum absolute atomic E-state index is 0.0332. The number of aryl methyl sites for hydroxylation is 1. The fraction of sp³-hybridized carbons (Fsp3) is 0.105. The van der Waals surface area contributed by atoms with Gasteiger partial charge in [-0.25, -0.2) is 0 Å². The second-order valence-corrected chi connectivity index (χ2v) is 4.86. The first-order chi connectivity index (χ1) is 9.65. The van der Waals surface area contributed by atoms with E-state index in [1.165, 1.54) is 0 Å². The molecule has 0 saturated heterocycles. The number of rotatable bonds is 4. The van der Waals surface area contributed by atoms with Crippen LogP contribution in [0, 0.1) is 6.92 Å². The summed E-state index contributed by atoms with van der Waals surface area (Å²) in [5, 5.41) is 0. The molecule has 1 heteroatoms. The molecule has 0 aromatic heterocycles. The molecule has 0 atom stereocenters. The number of carbonyl (C=O) groups excluding carboxylic acids is 1. The molecule has 0 fully saturated rings. The van der Waals surface area contributed by atoms with Crippen LogP contribution in [-0.4, -0.2) is 5.78 Å². The van der Waals surface area contributed by atoms with Gasteiger partial charge in [-0.2, -0.15) is 0 Å². The highest BCUT2D eigenvalue weighted by molar-refractivity contribution is 6.04. The van der Waals surface area contributed by atoms with E-state index in [9.17, 15) is 4.79 Å². The number of allylic oxidation sites excluding steroid dienone is 3. The lowest BCUT2D eigenvalue weighted by Gasteiger charge is -1.97. The first-order valence-corrected chi connectivity index (χ1v) is 6.67. The van der Waals surface area contributed by atoms with E-state index in [1.807, 2.05) is 74.5 Å². The number of hydrogen-bond acceptors (Lipinski definition) is 1. The monoisotopic (exact) mass is 262 g/mol. The predicted octanol–water partition coefficient (Wildman–Crippen LogP) is 4.84. The first kappa shape index (κ1) is 14.0. The number of benzene rings is 2. The molecule has 2 aromatic carbocycles. The van der Waals surface area contributed by atoms with Gasteiger partial charge in [0.2, 0.25) is 0 Å². The average Bonchev–Trinajstić information content (AvgIpc) is 2.46. The molecular weight excluding hydrogens is 244 g/mol. The maximum Gasteiger partial charge on any atom is 0.185 e. The summed E-state index contributed by atoms with van der Waals surface area (Å²) in [6.07, 6.45) is 5.54. The summed E-state index contributed by atoms with van der Waals surface area (Å²) in [5.74, 6) is 0.0332. The molecule has 2 aromatic rings. The third-order valence-corrected chi connectivity index (χ3v) is 3.03. The van der Waals surface area contributed by atoms with E-state index in [-0.39, 0.29) is 5.78 Å². The highest BCUT2D eigenvalue weighted by atomic mass is 16.1. The molecule has 0 aliphatic heterocycles. The van der Waals surface area contributed by atoms with Gasteiger partial charge in [0.25, 0.3) is 0 Å². The fourth-order valence-electron chi connectivity index (χ4n) is 1.88. The standard InChI is InChI=1S/C19H18O/c1-15-8-11-18(12-9-15)19(20)13-10-16(2)14-17-6-4-3-5-7-17/h3-14H,1-2H3/b13-10+,16-14+. The minimum Gasteiger partial charge on any atom is -0.289 e. The van der Waals surface area contributed by atoms with Gasteiger partial charge in [0.05, 0.1) is 0 Å². The number of ketones is 1. The lowest BCUT2D eigenvalue weighted by molar-refractivity contribution is 0.104. The highest BCUT2D eigenvalue weighted by Crippen LogP contribution is 2.09. The lowest BCUT2D eigenvalue weighted by Crippen LogP contribution is -1.93. The fourth-order valence-corrected chi connectivity index (χ4v) is 1.88. The summed E-state index contributed by atoms with van der Waals surface area (Å²) >= 11 is 0. The van der Waals surface area contributed by atoms with Crippen molar-refractivity contribution in [2.45, 2.75) is 13.8 Å². The number of carbonyl (C=O) groups is 1. The Kier molecular flexibility index (Phi) is 4.67. The Hall–Kier alpha value is -2.41. The van der Waals surface area contributed by atoms with Crippen LogP contribution in [0.2, 0.25) is 0 Å². The van der Waals surface area contributed by atoms with Crippen molar-refractivity contribution < 1.29 is 4.79 Å². The molecule has 1 nitrogen and oxygen atoms in total. The van der Waals surface area contributed by atoms with Gasteiger partial charge in [0.1, 0.15) is 0 Å². The SMILES string of the molecule is CC(/C=C/C(=O)c1ccc(C)cc1)=C\c1ccccc1. The molecule has 0 unspecified atom stereocenters. The molecule has 2 rings (SSSR count). The maximum atomic E-state index is 12.0. The van der Waals surface area contributed by atoms with Gasteiger partial charge in [-0.15, -0.1) is 0 Å². The second kappa shape index (κ2) is 6.67. The predicted molar refractivity (Wildman–Crippen MR) is 84.7 cm³/mol. The van der Waals surface area contributed by atoms with Crippen LogP contribution in [0.4, 0.5) is 0 Å². The summed E-state index contributed by atoms with van der Waals surface area (Å²) in [7, 11) is 0. The van der Waals surface area contributed by atoms with Crippen molar-refractivity contribution >= 4 is 11.9 Å². The molecule has 100 valence electrons. The third-order valence-electron chi connectivity index (χ3n) is 3.03. The van der Waals surface area contributed by atoms with Crippen LogP contribution in [-0.2, 0) is 0 Å². The van der Waals surface area contributed by atoms with E-state index in [0.717, 1.165) is 22.3 Å². The van der Waals surface area contributed by atoms with Crippen molar-refractivity contribution in [2.75, 3.05) is 0 Å². The van der Waals surface area contributed by atoms with Gasteiger partial charge in [0, 0.05) is 5.56 Å². The van der Waals surface area contributed by atoms with Crippen molar-refractivity contribution in [3.8, 4) is 0 Å². The smallest absolute Gasteiger partial charge is 0.185 e. The number of hydrogen-bond donors (Lipinski definition) is 0. The van der Waals surface area contributed by atoms with E-state index >= 15 is 0 Å². The van der Waals surface area contributed by atoms with E-state index in [2.05, 4.69) is 6.08 Å². The van der Waals surface area contributed by atoms with E-state index in [0.29, 0.717) is 0 Å². The molecule has 0 radical (unpaired) electrons. The zero-order valence-corrected chi connectivity index (χ0v) is 11.8. The summed E-state index contributed by atoms with van der Waals surface area (Å²) in [6.45, 7) is 4.00. The molecule has 0 aliphatic rings. The summed E-state index contributed by atoms with van der Waals surface area (Å²) < 4.78 is 0. The van der Waals surface area contributed by atoms with Gasteiger partial charge in [-0.3, -0.25) is 4.79 Å². The Bertz CT molecular complexity index is 631. The summed E-state index contributed by atoms with van der Waals surface area (Å²) in [5.41, 5.74) is 4.07. The van der Waals surface area contributed by atoms with Gasteiger partial charge < -0.3 is 0 Å². The van der Waals surface area contributed by atoms with E-state index in [1.54, 1.807) is 6.08 Å². The van der Waals surface area contributed by atoms with E-state index < -0.39 is 0 Å². The maximum absolute atomic E-state index is 12.0. The normalized spacial score (nSPS) is 11.8. The molecule has 20 heavy (non-hydrogen) atoms.